The molecular weight excluding hydrogens is 508 g/mol. The topological polar surface area (TPSA) is 19.0 Å². The van der Waals surface area contributed by atoms with E-state index in [1.165, 1.54) is 66.2 Å². The third-order valence-electron chi connectivity index (χ3n) is 8.53. The Bertz CT molecular complexity index is 2110. The van der Waals surface area contributed by atoms with Crippen molar-refractivity contribution in [2.24, 2.45) is 0 Å². The van der Waals surface area contributed by atoms with Crippen LogP contribution in [0.5, 0.6) is 0 Å². The van der Waals surface area contributed by atoms with Gasteiger partial charge in [-0.1, -0.05) is 121 Å². The molecule has 1 aliphatic carbocycles. The van der Waals surface area contributed by atoms with E-state index in [0.29, 0.717) is 0 Å². The van der Waals surface area contributed by atoms with Gasteiger partial charge in [0.25, 0.3) is 0 Å². The molecule has 0 spiro atoms. The zero-order valence-electron chi connectivity index (χ0n) is 23.2. The molecular formula is C40H30N2. The number of allylic oxidation sites excluding steroid dienone is 2. The molecule has 7 aromatic rings. The maximum absolute atomic E-state index is 3.53. The van der Waals surface area contributed by atoms with E-state index in [1.54, 1.807) is 0 Å². The Morgan fingerprint density at radius 2 is 1.24 bits per heavy atom. The lowest BCUT2D eigenvalue weighted by atomic mass is 9.93. The number of para-hydroxylation sites is 2. The van der Waals surface area contributed by atoms with Crippen LogP contribution in [0.1, 0.15) is 12.0 Å². The number of aromatic amines is 1. The fourth-order valence-corrected chi connectivity index (χ4v) is 6.41. The van der Waals surface area contributed by atoms with Crippen molar-refractivity contribution in [2.75, 3.05) is 4.90 Å². The Morgan fingerprint density at radius 3 is 2.07 bits per heavy atom. The largest absolute Gasteiger partial charge is 0.355 e. The Kier molecular flexibility index (Phi) is 5.97. The van der Waals surface area contributed by atoms with Gasteiger partial charge >= 0.3 is 0 Å². The Balaban J connectivity index is 1.08. The first-order valence-corrected chi connectivity index (χ1v) is 14.6. The molecule has 0 saturated carbocycles. The van der Waals surface area contributed by atoms with E-state index in [4.69, 9.17) is 0 Å². The molecule has 1 aromatic heterocycles. The van der Waals surface area contributed by atoms with E-state index in [-0.39, 0.29) is 6.04 Å². The summed E-state index contributed by atoms with van der Waals surface area (Å²) in [6, 6.07) is 50.5. The van der Waals surface area contributed by atoms with Gasteiger partial charge in [-0.05, 0) is 70.5 Å². The first-order chi connectivity index (χ1) is 20.8. The Morgan fingerprint density at radius 1 is 0.548 bits per heavy atom. The van der Waals surface area contributed by atoms with E-state index in [2.05, 4.69) is 168 Å². The van der Waals surface area contributed by atoms with Crippen LogP contribution >= 0.6 is 0 Å². The monoisotopic (exact) mass is 538 g/mol. The van der Waals surface area contributed by atoms with Crippen LogP contribution in [0.4, 0.5) is 11.4 Å². The first-order valence-electron chi connectivity index (χ1n) is 14.6. The molecule has 6 aromatic carbocycles. The molecule has 2 heteroatoms. The lowest BCUT2D eigenvalue weighted by molar-refractivity contribution is 0.789. The molecule has 1 aliphatic rings. The fraction of sp³-hybridized carbons (Fsp3) is 0.0500. The summed E-state index contributed by atoms with van der Waals surface area (Å²) in [7, 11) is 0. The molecule has 1 unspecified atom stereocenters. The zero-order valence-corrected chi connectivity index (χ0v) is 23.2. The maximum atomic E-state index is 3.53. The Labute approximate surface area is 245 Å². The van der Waals surface area contributed by atoms with Gasteiger partial charge in [0.05, 0.1) is 6.04 Å². The summed E-state index contributed by atoms with van der Waals surface area (Å²) < 4.78 is 0. The molecule has 0 amide bonds. The van der Waals surface area contributed by atoms with Crippen LogP contribution in [0.3, 0.4) is 0 Å². The lowest BCUT2D eigenvalue weighted by Crippen LogP contribution is -2.30. The maximum Gasteiger partial charge on any atom is 0.0560 e. The molecule has 42 heavy (non-hydrogen) atoms. The van der Waals surface area contributed by atoms with Crippen LogP contribution < -0.4 is 4.90 Å². The van der Waals surface area contributed by atoms with Gasteiger partial charge in [0.1, 0.15) is 0 Å². The summed E-state index contributed by atoms with van der Waals surface area (Å²) in [5, 5.41) is 5.07. The lowest BCUT2D eigenvalue weighted by Gasteiger charge is -2.34. The van der Waals surface area contributed by atoms with Crippen molar-refractivity contribution in [3.63, 3.8) is 0 Å². The van der Waals surface area contributed by atoms with Gasteiger partial charge in [-0.3, -0.25) is 0 Å². The molecule has 1 heterocycles. The van der Waals surface area contributed by atoms with Crippen molar-refractivity contribution in [3.05, 3.63) is 163 Å². The van der Waals surface area contributed by atoms with Crippen molar-refractivity contribution in [1.82, 2.24) is 4.98 Å². The van der Waals surface area contributed by atoms with Gasteiger partial charge in [-0.25, -0.2) is 0 Å². The van der Waals surface area contributed by atoms with E-state index >= 15 is 0 Å². The SMILES string of the molecule is C1=CC(N(c2ccccc2)c2cccc3ccccc23)CC=C1c1ccc(-c2ccc3[nH]c4ccccc4c3c2)cc1. The third kappa shape index (κ3) is 4.29. The minimum Gasteiger partial charge on any atom is -0.355 e. The predicted octanol–water partition coefficient (Wildman–Crippen LogP) is 10.7. The minimum atomic E-state index is 0.226. The number of nitrogens with zero attached hydrogens (tertiary/aromatic N) is 1. The van der Waals surface area contributed by atoms with Crippen molar-refractivity contribution in [2.45, 2.75) is 12.5 Å². The predicted molar refractivity (Wildman–Crippen MR) is 179 cm³/mol. The second kappa shape index (κ2) is 10.2. The van der Waals surface area contributed by atoms with Gasteiger partial charge in [0.2, 0.25) is 0 Å². The molecule has 2 nitrogen and oxygen atoms in total. The normalized spacial score (nSPS) is 14.9. The van der Waals surface area contributed by atoms with Gasteiger partial charge in [-0.2, -0.15) is 0 Å². The highest BCUT2D eigenvalue weighted by atomic mass is 15.2. The molecule has 1 N–H and O–H groups in total. The van der Waals surface area contributed by atoms with Crippen LogP contribution in [0.2, 0.25) is 0 Å². The van der Waals surface area contributed by atoms with Gasteiger partial charge < -0.3 is 9.88 Å². The quantitative estimate of drug-likeness (QED) is 0.231. The molecule has 0 radical (unpaired) electrons. The smallest absolute Gasteiger partial charge is 0.0560 e. The van der Waals surface area contributed by atoms with Crippen LogP contribution in [0, 0.1) is 0 Å². The highest BCUT2D eigenvalue weighted by molar-refractivity contribution is 6.08. The molecule has 0 aliphatic heterocycles. The Hall–Kier alpha value is -5.34. The van der Waals surface area contributed by atoms with Crippen LogP contribution in [-0.4, -0.2) is 11.0 Å². The first kappa shape index (κ1) is 24.5. The van der Waals surface area contributed by atoms with Gasteiger partial charge in [0, 0.05) is 38.6 Å². The number of aromatic nitrogens is 1. The third-order valence-corrected chi connectivity index (χ3v) is 8.53. The van der Waals surface area contributed by atoms with Crippen molar-refractivity contribution >= 4 is 49.5 Å². The molecule has 0 saturated heterocycles. The van der Waals surface area contributed by atoms with E-state index in [0.717, 1.165) is 6.42 Å². The molecule has 200 valence electrons. The van der Waals surface area contributed by atoms with Crippen molar-refractivity contribution in [1.29, 1.82) is 0 Å². The average Bonchev–Trinajstić information content (AvgIpc) is 3.44. The highest BCUT2D eigenvalue weighted by Gasteiger charge is 2.22. The molecule has 8 rings (SSSR count). The molecule has 1 atom stereocenters. The summed E-state index contributed by atoms with van der Waals surface area (Å²) in [6.07, 6.45) is 7.98. The number of hydrogen-bond donors (Lipinski definition) is 1. The van der Waals surface area contributed by atoms with E-state index < -0.39 is 0 Å². The van der Waals surface area contributed by atoms with Crippen molar-refractivity contribution in [3.8, 4) is 11.1 Å². The number of hydrogen-bond acceptors (Lipinski definition) is 1. The number of benzene rings is 6. The number of nitrogens with one attached hydrogen (secondary N) is 1. The zero-order chi connectivity index (χ0) is 27.9. The van der Waals surface area contributed by atoms with Gasteiger partial charge in [0.15, 0.2) is 0 Å². The summed E-state index contributed by atoms with van der Waals surface area (Å²) in [5.41, 5.74) is 9.79. The van der Waals surface area contributed by atoms with Crippen LogP contribution in [0.25, 0.3) is 49.3 Å². The number of H-pyrrole nitrogens is 1. The van der Waals surface area contributed by atoms with Crippen molar-refractivity contribution < 1.29 is 0 Å². The molecule has 0 bridgehead atoms. The summed E-state index contributed by atoms with van der Waals surface area (Å²) in [6.45, 7) is 0. The average molecular weight is 539 g/mol. The number of anilines is 2. The fourth-order valence-electron chi connectivity index (χ4n) is 6.41. The second-order valence-corrected chi connectivity index (χ2v) is 11.0. The van der Waals surface area contributed by atoms with Crippen LogP contribution in [-0.2, 0) is 0 Å². The molecule has 0 fully saturated rings. The highest BCUT2D eigenvalue weighted by Crippen LogP contribution is 2.37. The number of fused-ring (bicyclic) bond motifs is 4. The van der Waals surface area contributed by atoms with Crippen LogP contribution in [0.15, 0.2) is 158 Å². The van der Waals surface area contributed by atoms with E-state index in [1.807, 2.05) is 0 Å². The summed E-state index contributed by atoms with van der Waals surface area (Å²) in [5.74, 6) is 0. The second-order valence-electron chi connectivity index (χ2n) is 11.0. The summed E-state index contributed by atoms with van der Waals surface area (Å²) in [4.78, 5) is 6.01. The summed E-state index contributed by atoms with van der Waals surface area (Å²) >= 11 is 0. The minimum absolute atomic E-state index is 0.226. The van der Waals surface area contributed by atoms with E-state index in [9.17, 15) is 0 Å². The number of rotatable bonds is 5. The standard InChI is InChI=1S/C40H30N2/c1-2-11-33(12-3-1)42(40-16-8-10-31-9-4-5-13-35(31)40)34-24-21-29(22-25-34)28-17-19-30(20-18-28)32-23-26-39-37(27-32)36-14-6-7-15-38(36)41-39/h1-24,26-27,34,41H,25H2. The van der Waals surface area contributed by atoms with Gasteiger partial charge in [-0.15, -0.1) is 0 Å².